The lowest BCUT2D eigenvalue weighted by atomic mass is 9.99. The lowest BCUT2D eigenvalue weighted by molar-refractivity contribution is 0.869. The Hall–Kier alpha value is -3.53. The molecule has 0 unspecified atom stereocenters. The van der Waals surface area contributed by atoms with Crippen LogP contribution in [0, 0.1) is 25.7 Å². The van der Waals surface area contributed by atoms with Gasteiger partial charge in [0.25, 0.3) is 0 Å². The third-order valence-corrected chi connectivity index (χ3v) is 7.36. The molecule has 0 saturated heterocycles. The van der Waals surface area contributed by atoms with Gasteiger partial charge in [-0.15, -0.1) is 21.5 Å². The van der Waals surface area contributed by atoms with Crippen molar-refractivity contribution in [2.24, 2.45) is 9.98 Å². The average Bonchev–Trinajstić information content (AvgIpc) is 3.48. The van der Waals surface area contributed by atoms with Gasteiger partial charge in [-0.05, 0) is 54.8 Å². The molecular weight excluding hydrogens is 450 g/mol. The van der Waals surface area contributed by atoms with Crippen molar-refractivity contribution in [1.82, 2.24) is 14.8 Å². The maximum Gasteiger partial charge on any atom is 0.160 e. The molecule has 0 fully saturated rings. The predicted molar refractivity (Wildman–Crippen MR) is 133 cm³/mol. The Bertz CT molecular complexity index is 1540. The average molecular weight is 468 g/mol. The fourth-order valence-corrected chi connectivity index (χ4v) is 5.56. The molecule has 2 aromatic carbocycles. The van der Waals surface area contributed by atoms with Crippen molar-refractivity contribution in [3.63, 3.8) is 0 Å². The number of fused-ring (bicyclic) bond motifs is 4. The van der Waals surface area contributed by atoms with Crippen LogP contribution in [0.5, 0.6) is 0 Å². The van der Waals surface area contributed by atoms with Gasteiger partial charge in [0, 0.05) is 27.9 Å². The van der Waals surface area contributed by atoms with Crippen LogP contribution in [0.4, 0.5) is 0 Å². The molecule has 0 bridgehead atoms. The predicted octanol–water partition coefficient (Wildman–Crippen LogP) is 5.28. The molecule has 7 heteroatoms. The first-order valence-corrected chi connectivity index (χ1v) is 11.8. The van der Waals surface area contributed by atoms with Crippen LogP contribution >= 0.6 is 22.9 Å². The van der Waals surface area contributed by atoms with Crippen molar-refractivity contribution >= 4 is 34.9 Å². The van der Waals surface area contributed by atoms with Gasteiger partial charge >= 0.3 is 0 Å². The van der Waals surface area contributed by atoms with Crippen molar-refractivity contribution in [2.75, 3.05) is 0 Å². The summed E-state index contributed by atoms with van der Waals surface area (Å²) in [6.45, 7) is 5.31. The molecule has 2 aliphatic heterocycles. The molecule has 0 saturated carbocycles. The van der Waals surface area contributed by atoms with E-state index < -0.39 is 0 Å². The summed E-state index contributed by atoms with van der Waals surface area (Å²) < 4.78 is 2.11. The van der Waals surface area contributed by atoms with Gasteiger partial charge in [0.2, 0.25) is 0 Å². The Kier molecular flexibility index (Phi) is 4.75. The quantitative estimate of drug-likeness (QED) is 0.357. The second-order valence-electron chi connectivity index (χ2n) is 8.04. The molecule has 0 amide bonds. The lowest BCUT2D eigenvalue weighted by Gasteiger charge is -2.09. The molecule has 0 N–H and O–H groups in total. The van der Waals surface area contributed by atoms with E-state index in [1.165, 1.54) is 5.56 Å². The van der Waals surface area contributed by atoms with Crippen LogP contribution in [0.2, 0.25) is 5.02 Å². The zero-order valence-corrected chi connectivity index (χ0v) is 19.6. The summed E-state index contributed by atoms with van der Waals surface area (Å²) in [7, 11) is 0. The van der Waals surface area contributed by atoms with E-state index in [1.54, 1.807) is 11.3 Å². The highest BCUT2D eigenvalue weighted by Gasteiger charge is 2.27. The highest BCUT2D eigenvalue weighted by atomic mass is 35.5. The molecule has 0 radical (unpaired) electrons. The Morgan fingerprint density at radius 1 is 1.00 bits per heavy atom. The standard InChI is InChI=1S/C26H18ClN5S/c1-15-22(10-4-17-3-5-19-12-28-13-20(19)11-17)33-26-24(15)25(18-6-8-21(27)9-7-18)29-14-23-31-30-16(2)32(23)26/h3,5-9,11,13H,12,14H2,1-2H3. The molecule has 0 atom stereocenters. The van der Waals surface area contributed by atoms with Crippen LogP contribution in [0.15, 0.2) is 52.4 Å². The van der Waals surface area contributed by atoms with Gasteiger partial charge in [0.15, 0.2) is 5.82 Å². The van der Waals surface area contributed by atoms with Crippen LogP contribution in [0.25, 0.3) is 5.00 Å². The largest absolute Gasteiger partial charge is 0.288 e. The molecule has 4 aromatic rings. The summed E-state index contributed by atoms with van der Waals surface area (Å²) in [4.78, 5) is 10.3. The zero-order valence-electron chi connectivity index (χ0n) is 18.1. The second kappa shape index (κ2) is 7.80. The monoisotopic (exact) mass is 467 g/mol. The smallest absolute Gasteiger partial charge is 0.160 e. The second-order valence-corrected chi connectivity index (χ2v) is 9.48. The molecular formula is C26H18ClN5S. The first-order chi connectivity index (χ1) is 16.1. The Morgan fingerprint density at radius 2 is 1.85 bits per heavy atom. The van der Waals surface area contributed by atoms with Crippen LogP contribution < -0.4 is 0 Å². The molecule has 33 heavy (non-hydrogen) atoms. The third-order valence-electron chi connectivity index (χ3n) is 5.91. The number of halogens is 1. The summed E-state index contributed by atoms with van der Waals surface area (Å²) >= 11 is 7.80. The first-order valence-electron chi connectivity index (χ1n) is 10.6. The minimum Gasteiger partial charge on any atom is -0.288 e. The number of nitrogens with zero attached hydrogens (tertiary/aromatic N) is 5. The number of hydrogen-bond donors (Lipinski definition) is 0. The fourth-order valence-electron chi connectivity index (χ4n) is 4.21. The Balaban J connectivity index is 1.50. The third kappa shape index (κ3) is 3.41. The van der Waals surface area contributed by atoms with Gasteiger partial charge in [-0.2, -0.15) is 0 Å². The maximum atomic E-state index is 6.14. The lowest BCUT2D eigenvalue weighted by Crippen LogP contribution is -2.07. The van der Waals surface area contributed by atoms with E-state index >= 15 is 0 Å². The van der Waals surface area contributed by atoms with E-state index in [1.807, 2.05) is 37.4 Å². The van der Waals surface area contributed by atoms with Gasteiger partial charge in [-0.1, -0.05) is 41.6 Å². The van der Waals surface area contributed by atoms with Crippen molar-refractivity contribution < 1.29 is 0 Å². The van der Waals surface area contributed by atoms with Gasteiger partial charge in [-0.25, -0.2) is 0 Å². The minimum atomic E-state index is 0.470. The van der Waals surface area contributed by atoms with Crippen LogP contribution in [-0.4, -0.2) is 26.7 Å². The molecule has 2 aromatic heterocycles. The number of benzene rings is 2. The summed E-state index contributed by atoms with van der Waals surface area (Å²) in [6, 6.07) is 14.1. The number of thiophene rings is 1. The van der Waals surface area contributed by atoms with Crippen molar-refractivity contribution in [3.8, 4) is 16.8 Å². The normalized spacial score (nSPS) is 13.5. The number of aliphatic imine (C=N–C) groups is 2. The fraction of sp³-hybridized carbons (Fsp3) is 0.154. The topological polar surface area (TPSA) is 55.4 Å². The van der Waals surface area contributed by atoms with Crippen molar-refractivity contribution in [2.45, 2.75) is 26.9 Å². The zero-order chi connectivity index (χ0) is 22.5. The summed E-state index contributed by atoms with van der Waals surface area (Å²) in [6.07, 6.45) is 1.92. The SMILES string of the molecule is Cc1c(C#Cc2ccc3c(c2)C=NC3)sc2c1C(c1ccc(Cl)cc1)=NCc1nnc(C)n1-2. The molecule has 4 heterocycles. The summed E-state index contributed by atoms with van der Waals surface area (Å²) in [5.74, 6) is 8.44. The molecule has 0 spiro atoms. The van der Waals surface area contributed by atoms with Gasteiger partial charge < -0.3 is 0 Å². The van der Waals surface area contributed by atoms with Gasteiger partial charge in [0.05, 0.1) is 17.1 Å². The van der Waals surface area contributed by atoms with E-state index in [0.717, 1.165) is 61.6 Å². The van der Waals surface area contributed by atoms with E-state index in [9.17, 15) is 0 Å². The summed E-state index contributed by atoms with van der Waals surface area (Å²) in [5, 5.41) is 10.4. The number of aryl methyl sites for hydroxylation is 1. The highest BCUT2D eigenvalue weighted by molar-refractivity contribution is 7.15. The maximum absolute atomic E-state index is 6.14. The van der Waals surface area contributed by atoms with Gasteiger partial charge in [0.1, 0.15) is 17.4 Å². The van der Waals surface area contributed by atoms with E-state index in [2.05, 4.69) is 56.7 Å². The molecule has 160 valence electrons. The summed E-state index contributed by atoms with van der Waals surface area (Å²) in [5.41, 5.74) is 7.53. The van der Waals surface area contributed by atoms with Crippen LogP contribution in [0.1, 0.15) is 49.9 Å². The Morgan fingerprint density at radius 3 is 2.70 bits per heavy atom. The van der Waals surface area contributed by atoms with Crippen LogP contribution in [0.3, 0.4) is 0 Å². The molecule has 6 rings (SSSR count). The van der Waals surface area contributed by atoms with Gasteiger partial charge in [-0.3, -0.25) is 14.6 Å². The molecule has 0 aliphatic carbocycles. The minimum absolute atomic E-state index is 0.470. The van der Waals surface area contributed by atoms with E-state index in [0.29, 0.717) is 11.6 Å². The number of rotatable bonds is 1. The van der Waals surface area contributed by atoms with Crippen molar-refractivity contribution in [1.29, 1.82) is 0 Å². The first kappa shape index (κ1) is 20.1. The number of hydrogen-bond acceptors (Lipinski definition) is 5. The highest BCUT2D eigenvalue weighted by Crippen LogP contribution is 2.36. The van der Waals surface area contributed by atoms with Crippen molar-refractivity contribution in [3.05, 3.63) is 97.4 Å². The van der Waals surface area contributed by atoms with E-state index in [-0.39, 0.29) is 0 Å². The Labute approximate surface area is 200 Å². The molecule has 2 aliphatic rings. The van der Waals surface area contributed by atoms with E-state index in [4.69, 9.17) is 16.6 Å². The number of aromatic nitrogens is 3. The van der Waals surface area contributed by atoms with Crippen LogP contribution in [-0.2, 0) is 13.1 Å². The molecule has 5 nitrogen and oxygen atoms in total.